The largest absolute Gasteiger partial charge is 0.481 e. The second-order valence-electron chi connectivity index (χ2n) is 9.88. The van der Waals surface area contributed by atoms with Crippen LogP contribution in [0.3, 0.4) is 0 Å². The number of nitrogens with one attached hydrogen (secondary N) is 2. The number of esters is 1. The summed E-state index contributed by atoms with van der Waals surface area (Å²) >= 11 is 0. The fourth-order valence-electron chi connectivity index (χ4n) is 4.53. The summed E-state index contributed by atoms with van der Waals surface area (Å²) < 4.78 is 47.5. The molecule has 1 unspecified atom stereocenters. The van der Waals surface area contributed by atoms with Gasteiger partial charge in [-0.25, -0.2) is 18.7 Å². The topological polar surface area (TPSA) is 363 Å². The highest BCUT2D eigenvalue weighted by molar-refractivity contribution is 7.60. The lowest BCUT2D eigenvalue weighted by Crippen LogP contribution is -2.67. The summed E-state index contributed by atoms with van der Waals surface area (Å²) in [6.45, 7) is -1.29. The van der Waals surface area contributed by atoms with Crippen molar-refractivity contribution in [1.29, 1.82) is 0 Å². The van der Waals surface area contributed by atoms with E-state index in [1.54, 1.807) is 0 Å². The second kappa shape index (κ2) is 14.1. The maximum absolute atomic E-state index is 13.2. The minimum atomic E-state index is -5.59. The average molecular weight is 695 g/mol. The van der Waals surface area contributed by atoms with Gasteiger partial charge < -0.3 is 64.8 Å². The number of carbonyl (C=O) groups excluding carboxylic acids is 2. The third-order valence-electron chi connectivity index (χ3n) is 6.48. The van der Waals surface area contributed by atoms with E-state index in [2.05, 4.69) is 14.2 Å². The third kappa shape index (κ3) is 9.10. The minimum absolute atomic E-state index is 0.591. The number of aromatic nitrogens is 2. The van der Waals surface area contributed by atoms with Crippen molar-refractivity contribution in [3.63, 3.8) is 0 Å². The SMILES string of the molecule is CC(=O)N[C@H]1[C@H]([C@H](O)[C@H](O)CO)O[C@](O)(C(=O)O[C@H]2[C@@H](O)[C@H](n3ccc(=O)[nH]c3=O)O[C@@H]2COP(=O)(O)OP(=O)(O)O)C[C@@H]1O. The van der Waals surface area contributed by atoms with Crippen molar-refractivity contribution in [2.24, 2.45) is 0 Å². The van der Waals surface area contributed by atoms with Crippen LogP contribution >= 0.6 is 15.6 Å². The molecule has 11 atom stereocenters. The van der Waals surface area contributed by atoms with Crippen molar-refractivity contribution < 1.29 is 87.1 Å². The van der Waals surface area contributed by atoms with Gasteiger partial charge in [0.25, 0.3) is 11.3 Å². The van der Waals surface area contributed by atoms with Crippen molar-refractivity contribution in [2.45, 2.75) is 74.1 Å². The van der Waals surface area contributed by atoms with E-state index in [-0.39, 0.29) is 0 Å². The van der Waals surface area contributed by atoms with Gasteiger partial charge in [-0.1, -0.05) is 0 Å². The lowest BCUT2D eigenvalue weighted by atomic mass is 9.88. The number of nitrogens with zero attached hydrogens (tertiary/aromatic N) is 1. The van der Waals surface area contributed by atoms with E-state index in [1.165, 1.54) is 0 Å². The molecule has 2 aliphatic heterocycles. The standard InChI is InChI=1S/C20H31N3O20P2/c1-7(25)21-12-8(26)4-20(33,42-16(12)13(29)9(27)5-24)18(31)41-15-10(6-39-45(37,38)43-44(34,35)36)40-17(14(15)30)23-3-2-11(28)22-19(23)32/h2-3,8-10,12-17,24,26-27,29-30,33H,4-6H2,1H3,(H,21,25)(H,37,38)(H,22,28,32)(H2,34,35,36)/t8-,9+,10+,12+,13+,14+,15+,16+,17+,20-/m0/s1. The van der Waals surface area contributed by atoms with E-state index in [0.29, 0.717) is 4.57 Å². The van der Waals surface area contributed by atoms with E-state index < -0.39 is 119 Å². The molecule has 1 aromatic heterocycles. The lowest BCUT2D eigenvalue weighted by Gasteiger charge is -2.45. The fraction of sp³-hybridized carbons (Fsp3) is 0.700. The van der Waals surface area contributed by atoms with Crippen molar-refractivity contribution in [3.05, 3.63) is 33.1 Å². The van der Waals surface area contributed by atoms with Gasteiger partial charge in [-0.15, -0.1) is 0 Å². The summed E-state index contributed by atoms with van der Waals surface area (Å²) in [5.41, 5.74) is -2.02. The number of amides is 1. The van der Waals surface area contributed by atoms with Crippen LogP contribution in [0, 0.1) is 0 Å². The molecule has 2 fully saturated rings. The second-order valence-corrected chi connectivity index (χ2v) is 12.7. The van der Waals surface area contributed by atoms with Crippen LogP contribution in [-0.2, 0) is 41.8 Å². The summed E-state index contributed by atoms with van der Waals surface area (Å²) in [5, 5.41) is 64.4. The number of H-pyrrole nitrogens is 1. The van der Waals surface area contributed by atoms with Crippen molar-refractivity contribution in [2.75, 3.05) is 13.2 Å². The Morgan fingerprint density at radius 1 is 1.22 bits per heavy atom. The zero-order valence-corrected chi connectivity index (χ0v) is 24.6. The van der Waals surface area contributed by atoms with Gasteiger partial charge in [0.1, 0.15) is 30.5 Å². The summed E-state index contributed by atoms with van der Waals surface area (Å²) in [6.07, 6.45) is -16.1. The van der Waals surface area contributed by atoms with Gasteiger partial charge in [-0.05, 0) is 0 Å². The zero-order valence-electron chi connectivity index (χ0n) is 22.8. The van der Waals surface area contributed by atoms with Crippen LogP contribution in [0.25, 0.3) is 0 Å². The summed E-state index contributed by atoms with van der Waals surface area (Å²) in [7, 11) is -11.1. The van der Waals surface area contributed by atoms with Crippen LogP contribution in [0.1, 0.15) is 19.6 Å². The highest BCUT2D eigenvalue weighted by Crippen LogP contribution is 2.57. The molecular formula is C20H31N3O20P2. The molecule has 3 heterocycles. The molecule has 0 spiro atoms. The number of ether oxygens (including phenoxy) is 3. The molecule has 256 valence electrons. The Morgan fingerprint density at radius 3 is 2.42 bits per heavy atom. The van der Waals surface area contributed by atoms with Crippen LogP contribution in [0.4, 0.5) is 0 Å². The molecule has 0 aromatic carbocycles. The van der Waals surface area contributed by atoms with Crippen LogP contribution < -0.4 is 16.6 Å². The van der Waals surface area contributed by atoms with Crippen LogP contribution in [0.2, 0.25) is 0 Å². The summed E-state index contributed by atoms with van der Waals surface area (Å²) in [4.78, 5) is 77.8. The minimum Gasteiger partial charge on any atom is -0.453 e. The molecule has 2 aliphatic rings. The van der Waals surface area contributed by atoms with E-state index >= 15 is 0 Å². The van der Waals surface area contributed by atoms with Gasteiger partial charge in [0.05, 0.1) is 25.4 Å². The number of phosphoric ester groups is 1. The van der Waals surface area contributed by atoms with Gasteiger partial charge >= 0.3 is 27.3 Å². The first-order valence-electron chi connectivity index (χ1n) is 12.6. The maximum Gasteiger partial charge on any atom is 0.481 e. The molecule has 2 saturated heterocycles. The number of hydrogen-bond donors (Lipinski definition) is 11. The van der Waals surface area contributed by atoms with E-state index in [0.717, 1.165) is 19.2 Å². The fourth-order valence-corrected chi connectivity index (χ4v) is 6.13. The van der Waals surface area contributed by atoms with E-state index in [1.807, 2.05) is 4.98 Å². The molecule has 3 rings (SSSR count). The number of rotatable bonds is 12. The maximum atomic E-state index is 13.2. The van der Waals surface area contributed by atoms with Crippen molar-refractivity contribution in [1.82, 2.24) is 14.9 Å². The Kier molecular flexibility index (Phi) is 11.6. The normalized spacial score (nSPS) is 33.2. The lowest BCUT2D eigenvalue weighted by molar-refractivity contribution is -0.300. The predicted molar refractivity (Wildman–Crippen MR) is 137 cm³/mol. The van der Waals surface area contributed by atoms with Gasteiger partial charge in [-0.3, -0.25) is 23.7 Å². The Balaban J connectivity index is 1.92. The first-order chi connectivity index (χ1) is 20.7. The first-order valence-corrected chi connectivity index (χ1v) is 15.6. The van der Waals surface area contributed by atoms with Gasteiger partial charge in [0.15, 0.2) is 12.3 Å². The predicted octanol–water partition coefficient (Wildman–Crippen LogP) is -6.01. The Bertz CT molecular complexity index is 1450. The number of hydrogen-bond acceptors (Lipinski definition) is 17. The zero-order chi connectivity index (χ0) is 34.1. The smallest absolute Gasteiger partial charge is 0.453 e. The van der Waals surface area contributed by atoms with Gasteiger partial charge in [0.2, 0.25) is 5.91 Å². The molecule has 0 bridgehead atoms. The molecule has 1 amide bonds. The molecule has 23 nitrogen and oxygen atoms in total. The summed E-state index contributed by atoms with van der Waals surface area (Å²) in [5.74, 6) is -5.82. The molecule has 0 saturated carbocycles. The quantitative estimate of drug-likeness (QED) is 0.0716. The Labute approximate surface area is 250 Å². The average Bonchev–Trinajstić information content (AvgIpc) is 3.21. The molecular weight excluding hydrogens is 664 g/mol. The van der Waals surface area contributed by atoms with Crippen molar-refractivity contribution in [3.8, 4) is 0 Å². The van der Waals surface area contributed by atoms with Crippen LogP contribution in [-0.4, -0.2) is 135 Å². The van der Waals surface area contributed by atoms with E-state index in [4.69, 9.17) is 24.0 Å². The molecule has 0 aliphatic carbocycles. The number of aliphatic hydroxyl groups is 6. The molecule has 25 heteroatoms. The molecule has 45 heavy (non-hydrogen) atoms. The Hall–Kier alpha value is -2.44. The summed E-state index contributed by atoms with van der Waals surface area (Å²) in [6, 6.07) is -0.729. The molecule has 0 radical (unpaired) electrons. The number of phosphoric acid groups is 2. The monoisotopic (exact) mass is 695 g/mol. The van der Waals surface area contributed by atoms with Crippen LogP contribution in [0.15, 0.2) is 21.9 Å². The van der Waals surface area contributed by atoms with E-state index in [9.17, 15) is 63.8 Å². The number of aromatic amines is 1. The van der Waals surface area contributed by atoms with Gasteiger partial charge in [0, 0.05) is 25.6 Å². The number of carbonyl (C=O) groups is 2. The van der Waals surface area contributed by atoms with Crippen molar-refractivity contribution >= 4 is 27.5 Å². The Morgan fingerprint density at radius 2 is 1.87 bits per heavy atom. The number of aliphatic hydroxyl groups excluding tert-OH is 5. The van der Waals surface area contributed by atoms with Gasteiger partial charge in [-0.2, -0.15) is 4.31 Å². The third-order valence-corrected chi connectivity index (χ3v) is 8.63. The van der Waals surface area contributed by atoms with Crippen LogP contribution in [0.5, 0.6) is 0 Å². The first kappa shape index (κ1) is 37.0. The highest BCUT2D eigenvalue weighted by atomic mass is 31.3. The highest BCUT2D eigenvalue weighted by Gasteiger charge is 2.57. The molecule has 1 aromatic rings. The molecule has 11 N–H and O–H groups in total.